The van der Waals surface area contributed by atoms with Crippen molar-refractivity contribution in [2.45, 2.75) is 33.7 Å². The summed E-state index contributed by atoms with van der Waals surface area (Å²) in [6.45, 7) is 7.92. The van der Waals surface area contributed by atoms with Crippen LogP contribution in [-0.4, -0.2) is 50.2 Å². The van der Waals surface area contributed by atoms with Crippen LogP contribution >= 0.6 is 0 Å². The molecule has 0 bridgehead atoms. The molecule has 0 aliphatic rings. The van der Waals surface area contributed by atoms with Gasteiger partial charge >= 0.3 is 0 Å². The Morgan fingerprint density at radius 3 is 2.56 bits per heavy atom. The van der Waals surface area contributed by atoms with Crippen LogP contribution in [0.15, 0.2) is 27.6 Å². The Morgan fingerprint density at radius 2 is 1.96 bits per heavy atom. The number of aromatic nitrogens is 1. The summed E-state index contributed by atoms with van der Waals surface area (Å²) >= 11 is 0. The maximum atomic E-state index is 5.61. The Bertz CT molecular complexity index is 751. The van der Waals surface area contributed by atoms with Crippen LogP contribution in [0.4, 0.5) is 0 Å². The highest BCUT2D eigenvalue weighted by molar-refractivity contribution is 5.79. The van der Waals surface area contributed by atoms with Crippen LogP contribution < -0.4 is 14.8 Å². The van der Waals surface area contributed by atoms with Gasteiger partial charge in [-0.3, -0.25) is 0 Å². The van der Waals surface area contributed by atoms with Gasteiger partial charge in [0.15, 0.2) is 17.5 Å². The number of aryl methyl sites for hydroxylation is 2. The topological polar surface area (TPSA) is 72.1 Å². The van der Waals surface area contributed by atoms with E-state index in [-0.39, 0.29) is 0 Å². The van der Waals surface area contributed by atoms with Crippen molar-refractivity contribution in [1.29, 1.82) is 0 Å². The molecule has 0 radical (unpaired) electrons. The highest BCUT2D eigenvalue weighted by Gasteiger charge is 2.10. The van der Waals surface area contributed by atoms with Crippen LogP contribution in [0.25, 0.3) is 0 Å². The molecule has 1 heterocycles. The maximum absolute atomic E-state index is 5.61. The van der Waals surface area contributed by atoms with E-state index in [9.17, 15) is 0 Å². The smallest absolute Gasteiger partial charge is 0.216 e. The lowest BCUT2D eigenvalue weighted by Crippen LogP contribution is -2.40. The van der Waals surface area contributed by atoms with Gasteiger partial charge in [-0.2, -0.15) is 0 Å². The number of hydrogen-bond acceptors (Lipinski definition) is 5. The zero-order chi connectivity index (χ0) is 19.8. The van der Waals surface area contributed by atoms with Gasteiger partial charge in [-0.25, -0.2) is 9.98 Å². The molecular weight excluding hydrogens is 344 g/mol. The number of hydrogen-bond donors (Lipinski definition) is 1. The van der Waals surface area contributed by atoms with Crippen molar-refractivity contribution >= 4 is 5.96 Å². The Morgan fingerprint density at radius 1 is 1.22 bits per heavy atom. The van der Waals surface area contributed by atoms with Crippen LogP contribution in [0.1, 0.15) is 29.8 Å². The van der Waals surface area contributed by atoms with Crippen LogP contribution in [-0.2, 0) is 13.0 Å². The molecule has 148 valence electrons. The first-order valence-corrected chi connectivity index (χ1v) is 9.11. The van der Waals surface area contributed by atoms with Crippen LogP contribution in [0.5, 0.6) is 11.5 Å². The minimum absolute atomic E-state index is 0.414. The Labute approximate surface area is 161 Å². The third-order valence-electron chi connectivity index (χ3n) is 4.32. The van der Waals surface area contributed by atoms with E-state index < -0.39 is 0 Å². The number of nitrogens with zero attached hydrogens (tertiary/aromatic N) is 3. The van der Waals surface area contributed by atoms with Crippen LogP contribution in [0.3, 0.4) is 0 Å². The van der Waals surface area contributed by atoms with E-state index in [1.807, 2.05) is 33.0 Å². The number of benzene rings is 1. The summed E-state index contributed by atoms with van der Waals surface area (Å²) in [5, 5.41) is 3.31. The van der Waals surface area contributed by atoms with Crippen molar-refractivity contribution in [3.8, 4) is 11.5 Å². The van der Waals surface area contributed by atoms with E-state index in [0.29, 0.717) is 12.4 Å². The molecule has 0 spiro atoms. The molecule has 1 N–H and O–H groups in total. The first-order valence-electron chi connectivity index (χ1n) is 9.11. The zero-order valence-corrected chi connectivity index (χ0v) is 17.1. The van der Waals surface area contributed by atoms with Crippen molar-refractivity contribution in [3.63, 3.8) is 0 Å². The first kappa shape index (κ1) is 20.6. The predicted octanol–water partition coefficient (Wildman–Crippen LogP) is 2.95. The standard InChI is InChI=1S/C20H30N4O3/c1-7-21-20(22-13-19-23-14(2)15(3)27-19)24(4)11-10-16-8-9-17(25-5)18(12-16)26-6/h8-9,12H,7,10-11,13H2,1-6H3,(H,21,22). The SMILES string of the molecule is CCNC(=NCc1nc(C)c(C)o1)N(C)CCc1ccc(OC)c(OC)c1. The highest BCUT2D eigenvalue weighted by atomic mass is 16.5. The number of ether oxygens (including phenoxy) is 2. The molecule has 7 nitrogen and oxygen atoms in total. The molecule has 2 rings (SSSR count). The van der Waals surface area contributed by atoms with E-state index in [2.05, 4.69) is 33.2 Å². The summed E-state index contributed by atoms with van der Waals surface area (Å²) < 4.78 is 16.3. The molecule has 1 aromatic carbocycles. The molecule has 2 aromatic rings. The van der Waals surface area contributed by atoms with Gasteiger partial charge in [0.2, 0.25) is 5.89 Å². The molecule has 0 fully saturated rings. The van der Waals surface area contributed by atoms with E-state index >= 15 is 0 Å². The quantitative estimate of drug-likeness (QED) is 0.566. The van der Waals surface area contributed by atoms with Gasteiger partial charge in [-0.15, -0.1) is 0 Å². The second-order valence-corrected chi connectivity index (χ2v) is 6.28. The van der Waals surface area contributed by atoms with E-state index in [1.165, 1.54) is 5.56 Å². The normalized spacial score (nSPS) is 11.4. The van der Waals surface area contributed by atoms with Gasteiger partial charge < -0.3 is 24.1 Å². The van der Waals surface area contributed by atoms with Crippen LogP contribution in [0.2, 0.25) is 0 Å². The van der Waals surface area contributed by atoms with E-state index in [4.69, 9.17) is 13.9 Å². The molecule has 1 aromatic heterocycles. The average Bonchev–Trinajstić information content (AvgIpc) is 3.00. The molecule has 0 aliphatic carbocycles. The summed E-state index contributed by atoms with van der Waals surface area (Å²) in [5.74, 6) is 3.78. The monoisotopic (exact) mass is 374 g/mol. The fraction of sp³-hybridized carbons (Fsp3) is 0.500. The van der Waals surface area contributed by atoms with Gasteiger partial charge in [0.1, 0.15) is 12.3 Å². The number of guanidine groups is 1. The minimum atomic E-state index is 0.414. The fourth-order valence-corrected chi connectivity index (χ4v) is 2.66. The lowest BCUT2D eigenvalue weighted by Gasteiger charge is -2.22. The van der Waals surface area contributed by atoms with Gasteiger partial charge in [0.25, 0.3) is 0 Å². The number of nitrogens with one attached hydrogen (secondary N) is 1. The lowest BCUT2D eigenvalue weighted by molar-refractivity contribution is 0.354. The number of likely N-dealkylation sites (N-methyl/N-ethyl adjacent to an activating group) is 1. The second-order valence-electron chi connectivity index (χ2n) is 6.28. The van der Waals surface area contributed by atoms with Crippen molar-refractivity contribution in [3.05, 3.63) is 41.1 Å². The largest absolute Gasteiger partial charge is 0.493 e. The molecule has 0 saturated heterocycles. The summed E-state index contributed by atoms with van der Waals surface area (Å²) in [6, 6.07) is 5.99. The number of rotatable bonds is 8. The molecule has 7 heteroatoms. The van der Waals surface area contributed by atoms with Crippen molar-refractivity contribution < 1.29 is 13.9 Å². The third-order valence-corrected chi connectivity index (χ3v) is 4.32. The Hall–Kier alpha value is -2.70. The molecular formula is C20H30N4O3. The predicted molar refractivity (Wildman–Crippen MR) is 107 cm³/mol. The molecule has 0 atom stereocenters. The van der Waals surface area contributed by atoms with Crippen molar-refractivity contribution in [2.24, 2.45) is 4.99 Å². The van der Waals surface area contributed by atoms with Gasteiger partial charge in [0, 0.05) is 20.1 Å². The summed E-state index contributed by atoms with van der Waals surface area (Å²) in [4.78, 5) is 11.1. The van der Waals surface area contributed by atoms with E-state index in [0.717, 1.165) is 48.4 Å². The fourth-order valence-electron chi connectivity index (χ4n) is 2.66. The first-order chi connectivity index (χ1) is 13.0. The summed E-state index contributed by atoms with van der Waals surface area (Å²) in [7, 11) is 5.31. The number of methoxy groups -OCH3 is 2. The summed E-state index contributed by atoms with van der Waals surface area (Å²) in [6.07, 6.45) is 0.860. The minimum Gasteiger partial charge on any atom is -0.493 e. The lowest BCUT2D eigenvalue weighted by atomic mass is 10.1. The maximum Gasteiger partial charge on any atom is 0.216 e. The summed E-state index contributed by atoms with van der Waals surface area (Å²) in [5.41, 5.74) is 2.08. The molecule has 0 aliphatic heterocycles. The van der Waals surface area contributed by atoms with E-state index in [1.54, 1.807) is 14.2 Å². The average molecular weight is 374 g/mol. The molecule has 0 saturated carbocycles. The Balaban J connectivity index is 2.01. The molecule has 0 unspecified atom stereocenters. The van der Waals surface area contributed by atoms with Gasteiger partial charge in [-0.05, 0) is 44.9 Å². The van der Waals surface area contributed by atoms with Crippen molar-refractivity contribution in [2.75, 3.05) is 34.4 Å². The highest BCUT2D eigenvalue weighted by Crippen LogP contribution is 2.27. The van der Waals surface area contributed by atoms with Crippen molar-refractivity contribution in [1.82, 2.24) is 15.2 Å². The molecule has 27 heavy (non-hydrogen) atoms. The third kappa shape index (κ3) is 5.64. The van der Waals surface area contributed by atoms with Crippen LogP contribution in [0, 0.1) is 13.8 Å². The second kappa shape index (κ2) is 9.85. The zero-order valence-electron chi connectivity index (χ0n) is 17.1. The Kier molecular flexibility index (Phi) is 7.52. The molecule has 0 amide bonds. The van der Waals surface area contributed by atoms with Gasteiger partial charge in [-0.1, -0.05) is 6.07 Å². The van der Waals surface area contributed by atoms with Gasteiger partial charge in [0.05, 0.1) is 19.9 Å². The number of oxazole rings is 1. The number of aliphatic imine (C=N–C) groups is 1.